The van der Waals surface area contributed by atoms with Crippen LogP contribution in [-0.2, 0) is 4.79 Å². The Morgan fingerprint density at radius 2 is 1.86 bits per heavy atom. The minimum atomic E-state index is -0.494. The lowest BCUT2D eigenvalue weighted by atomic mass is 10.1. The van der Waals surface area contributed by atoms with E-state index in [4.69, 9.17) is 0 Å². The second-order valence-electron chi connectivity index (χ2n) is 7.68. The van der Waals surface area contributed by atoms with Gasteiger partial charge in [0, 0.05) is 37.7 Å². The molecule has 1 fully saturated rings. The average Bonchev–Trinajstić information content (AvgIpc) is 3.11. The van der Waals surface area contributed by atoms with Crippen LogP contribution in [0, 0.1) is 13.8 Å². The predicted molar refractivity (Wildman–Crippen MR) is 108 cm³/mol. The van der Waals surface area contributed by atoms with Crippen molar-refractivity contribution in [2.75, 3.05) is 25.5 Å². The van der Waals surface area contributed by atoms with Crippen LogP contribution in [-0.4, -0.2) is 64.9 Å². The summed E-state index contributed by atoms with van der Waals surface area (Å²) in [5.74, 6) is 0.449. The van der Waals surface area contributed by atoms with Gasteiger partial charge in [-0.15, -0.1) is 0 Å². The van der Waals surface area contributed by atoms with E-state index in [1.54, 1.807) is 7.05 Å². The molecule has 3 aliphatic rings. The number of nitrogens with one attached hydrogen (secondary N) is 2. The van der Waals surface area contributed by atoms with Crippen molar-refractivity contribution in [1.82, 2.24) is 20.0 Å². The van der Waals surface area contributed by atoms with Crippen molar-refractivity contribution in [2.24, 2.45) is 4.99 Å². The Balaban J connectivity index is 1.40. The molecule has 2 unspecified atom stereocenters. The van der Waals surface area contributed by atoms with Gasteiger partial charge >= 0.3 is 6.03 Å². The van der Waals surface area contributed by atoms with E-state index in [0.29, 0.717) is 0 Å². The number of guanidine groups is 1. The van der Waals surface area contributed by atoms with Crippen molar-refractivity contribution in [1.29, 1.82) is 0 Å². The summed E-state index contributed by atoms with van der Waals surface area (Å²) in [6.07, 6.45) is 2.39. The first kappa shape index (κ1) is 18.3. The average molecular weight is 382 g/mol. The van der Waals surface area contributed by atoms with E-state index in [0.717, 1.165) is 36.9 Å². The van der Waals surface area contributed by atoms with Crippen molar-refractivity contribution >= 4 is 23.6 Å². The molecule has 0 bridgehead atoms. The molecule has 0 spiro atoms. The number of amides is 3. The van der Waals surface area contributed by atoms with Gasteiger partial charge in [0.1, 0.15) is 0 Å². The second kappa shape index (κ2) is 6.85. The van der Waals surface area contributed by atoms with Gasteiger partial charge in [-0.3, -0.25) is 10.1 Å². The number of rotatable bonds is 5. The van der Waals surface area contributed by atoms with E-state index < -0.39 is 18.2 Å². The molecule has 1 aromatic carbocycles. The van der Waals surface area contributed by atoms with Crippen LogP contribution in [0.2, 0.25) is 0 Å². The zero-order valence-electron chi connectivity index (χ0n) is 16.7. The van der Waals surface area contributed by atoms with E-state index in [-0.39, 0.29) is 5.91 Å². The van der Waals surface area contributed by atoms with Crippen molar-refractivity contribution in [2.45, 2.75) is 39.4 Å². The minimum Gasteiger partial charge on any atom is -0.385 e. The topological polar surface area (TPSA) is 80.3 Å². The van der Waals surface area contributed by atoms with E-state index >= 15 is 0 Å². The molecule has 8 nitrogen and oxygen atoms in total. The van der Waals surface area contributed by atoms with Gasteiger partial charge in [-0.1, -0.05) is 6.07 Å². The lowest BCUT2D eigenvalue weighted by molar-refractivity contribution is -0.126. The zero-order valence-corrected chi connectivity index (χ0v) is 16.7. The molecular formula is C20H26N6O2. The number of nitrogens with zero attached hydrogens (tertiary/aromatic N) is 4. The Morgan fingerprint density at radius 3 is 2.57 bits per heavy atom. The van der Waals surface area contributed by atoms with Crippen molar-refractivity contribution in [3.8, 4) is 0 Å². The predicted octanol–water partition coefficient (Wildman–Crippen LogP) is 1.83. The number of fused-ring (bicyclic) bond motifs is 3. The highest BCUT2D eigenvalue weighted by Gasteiger charge is 2.51. The molecule has 2 atom stereocenters. The number of aliphatic imine (C=N–C) groups is 1. The maximum absolute atomic E-state index is 12.3. The van der Waals surface area contributed by atoms with E-state index in [1.165, 1.54) is 16.0 Å². The van der Waals surface area contributed by atoms with Gasteiger partial charge < -0.3 is 20.0 Å². The number of anilines is 1. The number of urea groups is 1. The molecule has 1 aromatic rings. The summed E-state index contributed by atoms with van der Waals surface area (Å²) in [5, 5.41) is 5.88. The number of likely N-dealkylation sites (N-methyl/N-ethyl adjacent to an activating group) is 1. The van der Waals surface area contributed by atoms with Crippen LogP contribution in [0.4, 0.5) is 10.5 Å². The molecule has 0 aliphatic carbocycles. The molecule has 148 valence electrons. The fourth-order valence-electron chi connectivity index (χ4n) is 4.07. The van der Waals surface area contributed by atoms with E-state index in [2.05, 4.69) is 52.6 Å². The van der Waals surface area contributed by atoms with Gasteiger partial charge in [0.05, 0.1) is 0 Å². The summed E-state index contributed by atoms with van der Waals surface area (Å²) in [7, 11) is 1.67. The van der Waals surface area contributed by atoms with Crippen LogP contribution in [0.5, 0.6) is 0 Å². The molecule has 8 heteroatoms. The molecule has 3 heterocycles. The van der Waals surface area contributed by atoms with E-state index in [1.807, 2.05) is 18.0 Å². The summed E-state index contributed by atoms with van der Waals surface area (Å²) in [5.41, 5.74) is 4.68. The Hall–Kier alpha value is -3.03. The first-order chi connectivity index (χ1) is 13.3. The van der Waals surface area contributed by atoms with Crippen LogP contribution in [0.3, 0.4) is 0 Å². The maximum atomic E-state index is 12.3. The lowest BCUT2D eigenvalue weighted by Gasteiger charge is -2.34. The first-order valence-corrected chi connectivity index (χ1v) is 9.57. The summed E-state index contributed by atoms with van der Waals surface area (Å²) < 4.78 is 0. The number of hydrogen-bond acceptors (Lipinski definition) is 6. The maximum Gasteiger partial charge on any atom is 0.325 e. The highest BCUT2D eigenvalue weighted by molar-refractivity contribution is 6.04. The quantitative estimate of drug-likeness (QED) is 0.760. The third kappa shape index (κ3) is 3.08. The number of imide groups is 1. The molecule has 0 saturated carbocycles. The SMILES string of the molecule is CC1=CN2C(=NC3C2C(=O)NC(=O)N3C)N1CCCNc1cc(C)cc(C)c1. The molecule has 1 saturated heterocycles. The lowest BCUT2D eigenvalue weighted by Crippen LogP contribution is -2.62. The normalized spacial score (nSPS) is 23.4. The number of carbonyl (C=O) groups excluding carboxylic acids is 2. The number of hydrogen-bond donors (Lipinski definition) is 2. The third-order valence-corrected chi connectivity index (χ3v) is 5.38. The number of aryl methyl sites for hydroxylation is 2. The summed E-state index contributed by atoms with van der Waals surface area (Å²) in [4.78, 5) is 34.4. The smallest absolute Gasteiger partial charge is 0.325 e. The number of benzene rings is 1. The Kier molecular flexibility index (Phi) is 4.49. The zero-order chi connectivity index (χ0) is 20.0. The summed E-state index contributed by atoms with van der Waals surface area (Å²) in [6, 6.07) is 5.56. The summed E-state index contributed by atoms with van der Waals surface area (Å²) in [6.45, 7) is 7.84. The molecule has 28 heavy (non-hydrogen) atoms. The van der Waals surface area contributed by atoms with Crippen LogP contribution in [0.25, 0.3) is 0 Å². The molecule has 3 amide bonds. The Morgan fingerprint density at radius 1 is 1.14 bits per heavy atom. The second-order valence-corrected chi connectivity index (χ2v) is 7.68. The molecule has 4 rings (SSSR count). The first-order valence-electron chi connectivity index (χ1n) is 9.57. The largest absolute Gasteiger partial charge is 0.385 e. The molecule has 0 aromatic heterocycles. The molecule has 2 N–H and O–H groups in total. The van der Waals surface area contributed by atoms with Crippen LogP contribution < -0.4 is 10.6 Å². The molecule has 0 radical (unpaired) electrons. The van der Waals surface area contributed by atoms with Gasteiger partial charge in [0.25, 0.3) is 5.91 Å². The Bertz CT molecular complexity index is 872. The van der Waals surface area contributed by atoms with Crippen LogP contribution in [0.15, 0.2) is 35.1 Å². The summed E-state index contributed by atoms with van der Waals surface area (Å²) >= 11 is 0. The van der Waals surface area contributed by atoms with Crippen molar-refractivity contribution in [3.63, 3.8) is 0 Å². The standard InChI is InChI=1S/C20H26N6O2/c1-12-8-13(2)10-15(9-12)21-6-5-7-25-14(3)11-26-16-17(22-19(25)26)24(4)20(28)23-18(16)27/h8-11,16-17,21H,5-7H2,1-4H3,(H,23,27,28). The number of carbonyl (C=O) groups is 2. The van der Waals surface area contributed by atoms with Gasteiger partial charge in [-0.25, -0.2) is 9.79 Å². The monoisotopic (exact) mass is 382 g/mol. The molecule has 3 aliphatic heterocycles. The highest BCUT2D eigenvalue weighted by atomic mass is 16.2. The fourth-order valence-corrected chi connectivity index (χ4v) is 4.07. The van der Waals surface area contributed by atoms with Crippen LogP contribution >= 0.6 is 0 Å². The van der Waals surface area contributed by atoms with Gasteiger partial charge in [-0.2, -0.15) is 0 Å². The minimum absolute atomic E-state index is 0.297. The third-order valence-electron chi connectivity index (χ3n) is 5.38. The van der Waals surface area contributed by atoms with Crippen LogP contribution in [0.1, 0.15) is 24.5 Å². The number of allylic oxidation sites excluding steroid dienone is 1. The van der Waals surface area contributed by atoms with Gasteiger partial charge in [-0.05, 0) is 50.5 Å². The van der Waals surface area contributed by atoms with Gasteiger partial charge in [0.2, 0.25) is 5.96 Å². The fraction of sp³-hybridized carbons (Fsp3) is 0.450. The Labute approximate surface area is 164 Å². The van der Waals surface area contributed by atoms with E-state index in [9.17, 15) is 9.59 Å². The van der Waals surface area contributed by atoms with Crippen molar-refractivity contribution in [3.05, 3.63) is 41.2 Å². The highest BCUT2D eigenvalue weighted by Crippen LogP contribution is 2.31. The molecular weight excluding hydrogens is 356 g/mol. The van der Waals surface area contributed by atoms with Crippen molar-refractivity contribution < 1.29 is 9.59 Å². The van der Waals surface area contributed by atoms with Gasteiger partial charge in [0.15, 0.2) is 12.2 Å².